The molecule has 1 amide bonds. The molecule has 4 heteroatoms. The first-order valence-corrected chi connectivity index (χ1v) is 7.22. The van der Waals surface area contributed by atoms with Crippen molar-refractivity contribution in [2.24, 2.45) is 10.9 Å². The molecule has 0 saturated carbocycles. The third-order valence-electron chi connectivity index (χ3n) is 3.47. The molecule has 0 radical (unpaired) electrons. The fourth-order valence-electron chi connectivity index (χ4n) is 2.13. The number of rotatable bonds is 4. The zero-order valence-corrected chi connectivity index (χ0v) is 13.2. The Labute approximate surface area is 125 Å². The van der Waals surface area contributed by atoms with E-state index < -0.39 is 0 Å². The van der Waals surface area contributed by atoms with Crippen LogP contribution in [-0.4, -0.2) is 18.9 Å². The molecule has 1 aliphatic heterocycles. The topological polar surface area (TPSA) is 50.7 Å². The number of benzene rings is 1. The normalized spacial score (nSPS) is 16.6. The standard InChI is InChI=1S/C17H22N2O2/c1-10(2)12-6-7-15(21-5)13(8-12)9-14-17(20)19-16(18-14)11(3)4/h6-11H,1-5H3,(H,18,19,20)/b14-9-. The van der Waals surface area contributed by atoms with Gasteiger partial charge >= 0.3 is 0 Å². The van der Waals surface area contributed by atoms with Gasteiger partial charge in [0, 0.05) is 11.5 Å². The summed E-state index contributed by atoms with van der Waals surface area (Å²) in [5.74, 6) is 1.91. The molecule has 0 aromatic heterocycles. The van der Waals surface area contributed by atoms with Gasteiger partial charge in [-0.05, 0) is 29.7 Å². The summed E-state index contributed by atoms with van der Waals surface area (Å²) < 4.78 is 5.38. The molecule has 21 heavy (non-hydrogen) atoms. The van der Waals surface area contributed by atoms with Crippen molar-refractivity contribution in [2.75, 3.05) is 7.11 Å². The van der Waals surface area contributed by atoms with E-state index >= 15 is 0 Å². The van der Waals surface area contributed by atoms with Gasteiger partial charge in [0.25, 0.3) is 5.91 Å². The molecule has 0 saturated heterocycles. The predicted octanol–water partition coefficient (Wildman–Crippen LogP) is 3.34. The Kier molecular flexibility index (Phi) is 4.46. The summed E-state index contributed by atoms with van der Waals surface area (Å²) in [6, 6.07) is 6.03. The van der Waals surface area contributed by atoms with Crippen LogP contribution in [0.25, 0.3) is 6.08 Å². The molecule has 1 N–H and O–H groups in total. The van der Waals surface area contributed by atoms with Crippen molar-refractivity contribution >= 4 is 17.8 Å². The smallest absolute Gasteiger partial charge is 0.275 e. The summed E-state index contributed by atoms with van der Waals surface area (Å²) in [4.78, 5) is 16.4. The van der Waals surface area contributed by atoms with Crippen LogP contribution in [0.5, 0.6) is 5.75 Å². The number of carbonyl (C=O) groups excluding carboxylic acids is 1. The molecule has 0 aliphatic carbocycles. The molecule has 0 unspecified atom stereocenters. The highest BCUT2D eigenvalue weighted by molar-refractivity contribution is 6.14. The van der Waals surface area contributed by atoms with Gasteiger partial charge in [-0.2, -0.15) is 0 Å². The molecule has 4 nitrogen and oxygen atoms in total. The first kappa shape index (κ1) is 15.3. The van der Waals surface area contributed by atoms with E-state index in [1.165, 1.54) is 5.56 Å². The van der Waals surface area contributed by atoms with Crippen molar-refractivity contribution in [3.63, 3.8) is 0 Å². The van der Waals surface area contributed by atoms with Gasteiger partial charge in [0.05, 0.1) is 7.11 Å². The van der Waals surface area contributed by atoms with E-state index in [1.54, 1.807) is 13.2 Å². The lowest BCUT2D eigenvalue weighted by molar-refractivity contribution is -0.115. The van der Waals surface area contributed by atoms with Gasteiger partial charge in [0.2, 0.25) is 0 Å². The van der Waals surface area contributed by atoms with Crippen LogP contribution < -0.4 is 10.1 Å². The number of methoxy groups -OCH3 is 1. The van der Waals surface area contributed by atoms with Gasteiger partial charge < -0.3 is 10.1 Å². The van der Waals surface area contributed by atoms with Crippen LogP contribution in [-0.2, 0) is 4.79 Å². The summed E-state index contributed by atoms with van der Waals surface area (Å²) in [5.41, 5.74) is 2.51. The van der Waals surface area contributed by atoms with Crippen molar-refractivity contribution < 1.29 is 9.53 Å². The maximum absolute atomic E-state index is 12.0. The maximum atomic E-state index is 12.0. The average Bonchev–Trinajstić information content (AvgIpc) is 2.80. The van der Waals surface area contributed by atoms with Crippen LogP contribution in [0, 0.1) is 5.92 Å². The molecule has 1 aliphatic rings. The molecule has 0 spiro atoms. The SMILES string of the molecule is COc1ccc(C(C)C)cc1/C=C1\N=C(C(C)C)NC1=O. The van der Waals surface area contributed by atoms with Gasteiger partial charge in [-0.25, -0.2) is 4.99 Å². The number of nitrogens with one attached hydrogen (secondary N) is 1. The zero-order valence-electron chi connectivity index (χ0n) is 13.2. The molecule has 2 rings (SSSR count). The summed E-state index contributed by atoms with van der Waals surface area (Å²) in [6.45, 7) is 8.27. The first-order chi connectivity index (χ1) is 9.92. The lowest BCUT2D eigenvalue weighted by Gasteiger charge is -2.10. The second kappa shape index (κ2) is 6.12. The van der Waals surface area contributed by atoms with Crippen molar-refractivity contribution in [2.45, 2.75) is 33.6 Å². The van der Waals surface area contributed by atoms with Crippen LogP contribution in [0.1, 0.15) is 44.7 Å². The molecule has 1 aromatic rings. The van der Waals surface area contributed by atoms with E-state index in [0.29, 0.717) is 17.5 Å². The molecule has 0 atom stereocenters. The lowest BCUT2D eigenvalue weighted by atomic mass is 10.00. The van der Waals surface area contributed by atoms with Crippen molar-refractivity contribution in [3.8, 4) is 5.75 Å². The Morgan fingerprint density at radius 2 is 1.90 bits per heavy atom. The average molecular weight is 286 g/mol. The summed E-state index contributed by atoms with van der Waals surface area (Å²) >= 11 is 0. The second-order valence-corrected chi connectivity index (χ2v) is 5.79. The lowest BCUT2D eigenvalue weighted by Crippen LogP contribution is -2.27. The number of amides is 1. The number of ether oxygens (including phenoxy) is 1. The fraction of sp³-hybridized carbons (Fsp3) is 0.412. The maximum Gasteiger partial charge on any atom is 0.275 e. The number of carbonyl (C=O) groups is 1. The Morgan fingerprint density at radius 3 is 2.43 bits per heavy atom. The van der Waals surface area contributed by atoms with Crippen LogP contribution in [0.4, 0.5) is 0 Å². The van der Waals surface area contributed by atoms with Gasteiger partial charge in [-0.3, -0.25) is 4.79 Å². The predicted molar refractivity (Wildman–Crippen MR) is 85.5 cm³/mol. The van der Waals surface area contributed by atoms with Gasteiger partial charge in [-0.1, -0.05) is 33.8 Å². The number of hydrogen-bond acceptors (Lipinski definition) is 3. The minimum absolute atomic E-state index is 0.157. The van der Waals surface area contributed by atoms with Gasteiger partial charge in [0.1, 0.15) is 17.3 Å². The number of nitrogens with zero attached hydrogens (tertiary/aromatic N) is 1. The number of aliphatic imine (C=N–C) groups is 1. The minimum atomic E-state index is -0.157. The largest absolute Gasteiger partial charge is 0.496 e. The zero-order chi connectivity index (χ0) is 15.6. The van der Waals surface area contributed by atoms with E-state index in [9.17, 15) is 4.79 Å². The van der Waals surface area contributed by atoms with Crippen molar-refractivity contribution in [3.05, 3.63) is 35.0 Å². The van der Waals surface area contributed by atoms with Crippen LogP contribution >= 0.6 is 0 Å². The molecule has 0 fully saturated rings. The molecular formula is C17H22N2O2. The first-order valence-electron chi connectivity index (χ1n) is 7.22. The highest BCUT2D eigenvalue weighted by Gasteiger charge is 2.22. The molecule has 1 aromatic carbocycles. The van der Waals surface area contributed by atoms with E-state index in [0.717, 1.165) is 11.3 Å². The highest BCUT2D eigenvalue weighted by atomic mass is 16.5. The molecule has 112 valence electrons. The highest BCUT2D eigenvalue weighted by Crippen LogP contribution is 2.27. The van der Waals surface area contributed by atoms with Gasteiger partial charge in [0.15, 0.2) is 0 Å². The van der Waals surface area contributed by atoms with Crippen molar-refractivity contribution in [1.82, 2.24) is 5.32 Å². The summed E-state index contributed by atoms with van der Waals surface area (Å²) in [5, 5.41) is 2.80. The third-order valence-corrected chi connectivity index (χ3v) is 3.47. The minimum Gasteiger partial charge on any atom is -0.496 e. The Bertz CT molecular complexity index is 613. The van der Waals surface area contributed by atoms with Crippen LogP contribution in [0.2, 0.25) is 0 Å². The van der Waals surface area contributed by atoms with E-state index in [1.807, 2.05) is 32.0 Å². The Morgan fingerprint density at radius 1 is 1.19 bits per heavy atom. The van der Waals surface area contributed by atoms with Gasteiger partial charge in [-0.15, -0.1) is 0 Å². The fourth-order valence-corrected chi connectivity index (χ4v) is 2.13. The van der Waals surface area contributed by atoms with Crippen LogP contribution in [0.15, 0.2) is 28.9 Å². The van der Waals surface area contributed by atoms with E-state index in [-0.39, 0.29) is 11.8 Å². The molecular weight excluding hydrogens is 264 g/mol. The molecule has 0 bridgehead atoms. The van der Waals surface area contributed by atoms with E-state index in [2.05, 4.69) is 24.2 Å². The Balaban J connectivity index is 2.44. The third kappa shape index (κ3) is 3.32. The second-order valence-electron chi connectivity index (χ2n) is 5.79. The summed E-state index contributed by atoms with van der Waals surface area (Å²) in [6.07, 6.45) is 1.79. The number of hydrogen-bond donors (Lipinski definition) is 1. The van der Waals surface area contributed by atoms with Crippen LogP contribution in [0.3, 0.4) is 0 Å². The summed E-state index contributed by atoms with van der Waals surface area (Å²) in [7, 11) is 1.63. The Hall–Kier alpha value is -2.10. The van der Waals surface area contributed by atoms with Crippen molar-refractivity contribution in [1.29, 1.82) is 0 Å². The molecule has 1 heterocycles. The van der Waals surface area contributed by atoms with E-state index in [4.69, 9.17) is 4.74 Å². The number of amidine groups is 1. The quantitative estimate of drug-likeness (QED) is 0.863. The monoisotopic (exact) mass is 286 g/mol.